The fraction of sp³-hybridized carbons (Fsp3) is 0.400. The zero-order valence-electron chi connectivity index (χ0n) is 8.31. The molecule has 1 atom stereocenters. The first kappa shape index (κ1) is 10.5. The van der Waals surface area contributed by atoms with E-state index in [9.17, 15) is 4.39 Å². The van der Waals surface area contributed by atoms with Crippen LogP contribution in [0.4, 0.5) is 10.1 Å². The van der Waals surface area contributed by atoms with Crippen LogP contribution in [0.3, 0.4) is 0 Å². The van der Waals surface area contributed by atoms with Gasteiger partial charge in [-0.25, -0.2) is 4.39 Å². The predicted molar refractivity (Wildman–Crippen MR) is 58.0 cm³/mol. The zero-order chi connectivity index (χ0) is 10.8. The molecule has 1 aromatic rings. The number of nitrogens with zero attached hydrogens (tertiary/aromatic N) is 1. The van der Waals surface area contributed by atoms with Gasteiger partial charge in [-0.1, -0.05) is 12.1 Å². The number of halogens is 1. The maximum atomic E-state index is 13.0. The molecule has 1 aliphatic heterocycles. The third-order valence-electron chi connectivity index (χ3n) is 2.66. The SMILES string of the molecule is OB(O)c1cccc(N2CC[C@H](F)C2)c1. The van der Waals surface area contributed by atoms with Gasteiger partial charge in [-0.2, -0.15) is 0 Å². The minimum Gasteiger partial charge on any atom is -0.423 e. The summed E-state index contributed by atoms with van der Waals surface area (Å²) in [5.74, 6) is 0. The second-order valence-electron chi connectivity index (χ2n) is 3.80. The molecule has 80 valence electrons. The molecular formula is C10H13BFNO2. The van der Waals surface area contributed by atoms with Gasteiger partial charge < -0.3 is 14.9 Å². The lowest BCUT2D eigenvalue weighted by Crippen LogP contribution is -2.31. The van der Waals surface area contributed by atoms with Crippen molar-refractivity contribution in [3.63, 3.8) is 0 Å². The highest BCUT2D eigenvalue weighted by atomic mass is 19.1. The Morgan fingerprint density at radius 3 is 2.80 bits per heavy atom. The molecule has 1 aromatic carbocycles. The van der Waals surface area contributed by atoms with E-state index in [1.807, 2.05) is 11.0 Å². The Morgan fingerprint density at radius 2 is 2.20 bits per heavy atom. The molecule has 1 aliphatic rings. The number of rotatable bonds is 2. The molecule has 1 fully saturated rings. The first-order valence-corrected chi connectivity index (χ1v) is 5.02. The summed E-state index contributed by atoms with van der Waals surface area (Å²) >= 11 is 0. The normalized spacial score (nSPS) is 20.7. The lowest BCUT2D eigenvalue weighted by atomic mass is 9.80. The van der Waals surface area contributed by atoms with Crippen LogP contribution < -0.4 is 10.4 Å². The van der Waals surface area contributed by atoms with Crippen LogP contribution in [-0.4, -0.2) is 36.4 Å². The molecule has 0 aromatic heterocycles. The lowest BCUT2D eigenvalue weighted by molar-refractivity contribution is 0.364. The molecule has 0 aliphatic carbocycles. The molecule has 0 spiro atoms. The van der Waals surface area contributed by atoms with Crippen LogP contribution in [0.5, 0.6) is 0 Å². The van der Waals surface area contributed by atoms with Crippen molar-refractivity contribution in [1.82, 2.24) is 0 Å². The number of hydrogen-bond donors (Lipinski definition) is 2. The Kier molecular flexibility index (Phi) is 2.93. The molecule has 3 nitrogen and oxygen atoms in total. The van der Waals surface area contributed by atoms with Crippen LogP contribution in [0.25, 0.3) is 0 Å². The minimum atomic E-state index is -1.46. The highest BCUT2D eigenvalue weighted by Crippen LogP contribution is 2.20. The van der Waals surface area contributed by atoms with Crippen molar-refractivity contribution in [3.05, 3.63) is 24.3 Å². The van der Waals surface area contributed by atoms with E-state index in [2.05, 4.69) is 0 Å². The van der Waals surface area contributed by atoms with Gasteiger partial charge in [0, 0.05) is 18.8 Å². The largest absolute Gasteiger partial charge is 0.488 e. The maximum absolute atomic E-state index is 13.0. The Labute approximate surface area is 88.3 Å². The van der Waals surface area contributed by atoms with E-state index in [1.165, 1.54) is 0 Å². The highest BCUT2D eigenvalue weighted by Gasteiger charge is 2.22. The van der Waals surface area contributed by atoms with Gasteiger partial charge in [-0.15, -0.1) is 0 Å². The number of anilines is 1. The molecule has 0 bridgehead atoms. The van der Waals surface area contributed by atoms with Crippen molar-refractivity contribution >= 4 is 18.3 Å². The van der Waals surface area contributed by atoms with Crippen LogP contribution in [0.2, 0.25) is 0 Å². The first-order valence-electron chi connectivity index (χ1n) is 5.02. The van der Waals surface area contributed by atoms with Gasteiger partial charge in [0.05, 0.1) is 0 Å². The second-order valence-corrected chi connectivity index (χ2v) is 3.80. The van der Waals surface area contributed by atoms with Gasteiger partial charge in [0.15, 0.2) is 0 Å². The van der Waals surface area contributed by atoms with E-state index < -0.39 is 13.3 Å². The second kappa shape index (κ2) is 4.20. The fourth-order valence-corrected chi connectivity index (χ4v) is 1.83. The van der Waals surface area contributed by atoms with Crippen molar-refractivity contribution in [2.24, 2.45) is 0 Å². The van der Waals surface area contributed by atoms with Crippen LogP contribution in [0, 0.1) is 0 Å². The van der Waals surface area contributed by atoms with Gasteiger partial charge in [0.25, 0.3) is 0 Å². The molecule has 5 heteroatoms. The molecule has 2 rings (SSSR count). The molecule has 1 heterocycles. The summed E-state index contributed by atoms with van der Waals surface area (Å²) in [6.07, 6.45) is -0.223. The summed E-state index contributed by atoms with van der Waals surface area (Å²) < 4.78 is 13.0. The van der Waals surface area contributed by atoms with Crippen molar-refractivity contribution in [2.45, 2.75) is 12.6 Å². The molecule has 0 amide bonds. The van der Waals surface area contributed by atoms with Crippen LogP contribution in [-0.2, 0) is 0 Å². The molecular weight excluding hydrogens is 196 g/mol. The van der Waals surface area contributed by atoms with E-state index >= 15 is 0 Å². The summed E-state index contributed by atoms with van der Waals surface area (Å²) in [5, 5.41) is 18.0. The number of benzene rings is 1. The molecule has 0 unspecified atom stereocenters. The number of hydrogen-bond acceptors (Lipinski definition) is 3. The molecule has 2 N–H and O–H groups in total. The van der Waals surface area contributed by atoms with Gasteiger partial charge in [-0.3, -0.25) is 0 Å². The smallest absolute Gasteiger partial charge is 0.423 e. The monoisotopic (exact) mass is 209 g/mol. The van der Waals surface area contributed by atoms with Crippen molar-refractivity contribution in [3.8, 4) is 0 Å². The zero-order valence-corrected chi connectivity index (χ0v) is 8.31. The summed E-state index contributed by atoms with van der Waals surface area (Å²) in [6.45, 7) is 1.08. The Bertz CT molecular complexity index is 348. The van der Waals surface area contributed by atoms with Gasteiger partial charge in [-0.05, 0) is 24.0 Å². The van der Waals surface area contributed by atoms with E-state index in [0.29, 0.717) is 25.0 Å². The summed E-state index contributed by atoms with van der Waals surface area (Å²) in [7, 11) is -1.46. The summed E-state index contributed by atoms with van der Waals surface area (Å²) in [6, 6.07) is 6.92. The van der Waals surface area contributed by atoms with Crippen molar-refractivity contribution in [1.29, 1.82) is 0 Å². The van der Waals surface area contributed by atoms with E-state index in [1.54, 1.807) is 18.2 Å². The summed E-state index contributed by atoms with van der Waals surface area (Å²) in [5.41, 5.74) is 1.29. The maximum Gasteiger partial charge on any atom is 0.488 e. The third-order valence-corrected chi connectivity index (χ3v) is 2.66. The van der Waals surface area contributed by atoms with Crippen LogP contribution in [0.15, 0.2) is 24.3 Å². The molecule has 0 radical (unpaired) electrons. The average molecular weight is 209 g/mol. The van der Waals surface area contributed by atoms with Crippen molar-refractivity contribution in [2.75, 3.05) is 18.0 Å². The number of alkyl halides is 1. The summed E-state index contributed by atoms with van der Waals surface area (Å²) in [4.78, 5) is 1.91. The lowest BCUT2D eigenvalue weighted by Gasteiger charge is -2.18. The topological polar surface area (TPSA) is 43.7 Å². The van der Waals surface area contributed by atoms with Crippen molar-refractivity contribution < 1.29 is 14.4 Å². The van der Waals surface area contributed by atoms with Crippen LogP contribution >= 0.6 is 0 Å². The van der Waals surface area contributed by atoms with Gasteiger partial charge in [0.2, 0.25) is 0 Å². The standard InChI is InChI=1S/C10H13BFNO2/c12-9-4-5-13(7-9)10-3-1-2-8(6-10)11(14)15/h1-3,6,9,14-15H,4-5,7H2/t9-/m0/s1. The molecule has 15 heavy (non-hydrogen) atoms. The Hall–Kier alpha value is -1.07. The third kappa shape index (κ3) is 2.30. The van der Waals surface area contributed by atoms with E-state index in [0.717, 1.165) is 5.69 Å². The van der Waals surface area contributed by atoms with Crippen LogP contribution in [0.1, 0.15) is 6.42 Å². The van der Waals surface area contributed by atoms with Gasteiger partial charge >= 0.3 is 7.12 Å². The fourth-order valence-electron chi connectivity index (χ4n) is 1.83. The average Bonchev–Trinajstić information content (AvgIpc) is 2.65. The Morgan fingerprint density at radius 1 is 1.40 bits per heavy atom. The van der Waals surface area contributed by atoms with E-state index in [-0.39, 0.29) is 0 Å². The molecule has 0 saturated carbocycles. The minimum absolute atomic E-state index is 0.394. The Balaban J connectivity index is 2.18. The van der Waals surface area contributed by atoms with E-state index in [4.69, 9.17) is 10.0 Å². The quantitative estimate of drug-likeness (QED) is 0.669. The first-order chi connectivity index (χ1) is 7.16. The van der Waals surface area contributed by atoms with Gasteiger partial charge in [0.1, 0.15) is 6.17 Å². The molecule has 1 saturated heterocycles. The predicted octanol–water partition coefficient (Wildman–Crippen LogP) is -0.0854. The highest BCUT2D eigenvalue weighted by molar-refractivity contribution is 6.58.